The second kappa shape index (κ2) is 8.94. The van der Waals surface area contributed by atoms with Crippen molar-refractivity contribution in [2.45, 2.75) is 20.8 Å². The lowest BCUT2D eigenvalue weighted by atomic mass is 10.2. The van der Waals surface area contributed by atoms with Gasteiger partial charge in [-0.15, -0.1) is 0 Å². The van der Waals surface area contributed by atoms with Crippen LogP contribution in [0.2, 0.25) is 0 Å². The molecule has 20 heavy (non-hydrogen) atoms. The normalized spacial score (nSPS) is 10.9. The quantitative estimate of drug-likeness (QED) is 0.438. The van der Waals surface area contributed by atoms with E-state index in [-0.39, 0.29) is 13.0 Å². The van der Waals surface area contributed by atoms with Crippen LogP contribution in [0.4, 0.5) is 0 Å². The van der Waals surface area contributed by atoms with E-state index < -0.39 is 7.60 Å². The summed E-state index contributed by atoms with van der Waals surface area (Å²) in [6.45, 7) is 6.41. The Hall–Kier alpha value is -1.11. The third-order valence-electron chi connectivity index (χ3n) is 2.36. The van der Waals surface area contributed by atoms with Crippen molar-refractivity contribution in [3.05, 3.63) is 35.4 Å². The maximum atomic E-state index is 12.1. The molecule has 0 aliphatic heterocycles. The molecule has 0 heterocycles. The van der Waals surface area contributed by atoms with E-state index in [1.165, 1.54) is 5.56 Å². The lowest BCUT2D eigenvalue weighted by Gasteiger charge is -2.15. The Morgan fingerprint density at radius 2 is 1.70 bits per heavy atom. The summed E-state index contributed by atoms with van der Waals surface area (Å²) in [4.78, 5) is 0. The molecule has 0 aliphatic carbocycles. The third kappa shape index (κ3) is 6.36. The molecule has 0 amide bonds. The molecular formula is C15H21O4P. The topological polar surface area (TPSA) is 44.8 Å². The number of aryl methyl sites for hydroxylation is 1. The van der Waals surface area contributed by atoms with Crippen LogP contribution in [-0.2, 0) is 18.3 Å². The fourth-order valence-electron chi connectivity index (χ4n) is 1.49. The van der Waals surface area contributed by atoms with E-state index in [4.69, 9.17) is 13.8 Å². The van der Waals surface area contributed by atoms with Gasteiger partial charge < -0.3 is 13.8 Å². The van der Waals surface area contributed by atoms with Crippen molar-refractivity contribution in [1.82, 2.24) is 0 Å². The summed E-state index contributed by atoms with van der Waals surface area (Å²) in [5, 5.41) is 0. The second-order valence-electron chi connectivity index (χ2n) is 4.09. The van der Waals surface area contributed by atoms with Gasteiger partial charge in [0.1, 0.15) is 13.0 Å². The highest BCUT2D eigenvalue weighted by Gasteiger charge is 2.23. The number of ether oxygens (including phenoxy) is 1. The van der Waals surface area contributed by atoms with Crippen LogP contribution in [0.1, 0.15) is 25.0 Å². The number of hydrogen-bond acceptors (Lipinski definition) is 4. The predicted molar refractivity (Wildman–Crippen MR) is 79.7 cm³/mol. The number of rotatable bonds is 7. The van der Waals surface area contributed by atoms with Gasteiger partial charge in [0.05, 0.1) is 13.2 Å². The minimum Gasteiger partial charge on any atom is -0.356 e. The van der Waals surface area contributed by atoms with Crippen molar-refractivity contribution >= 4 is 7.60 Å². The highest BCUT2D eigenvalue weighted by molar-refractivity contribution is 7.53. The average Bonchev–Trinajstić information content (AvgIpc) is 2.41. The summed E-state index contributed by atoms with van der Waals surface area (Å²) in [6.07, 6.45) is -0.0722. The summed E-state index contributed by atoms with van der Waals surface area (Å²) >= 11 is 0. The summed E-state index contributed by atoms with van der Waals surface area (Å²) in [7, 11) is -3.13. The summed E-state index contributed by atoms with van der Waals surface area (Å²) in [6, 6.07) is 7.91. The van der Waals surface area contributed by atoms with E-state index in [1.807, 2.05) is 31.2 Å². The molecule has 110 valence electrons. The zero-order valence-corrected chi connectivity index (χ0v) is 13.1. The third-order valence-corrected chi connectivity index (χ3v) is 4.16. The Kier molecular flexibility index (Phi) is 7.58. The molecule has 1 aromatic rings. The molecule has 0 saturated heterocycles. The van der Waals surface area contributed by atoms with Crippen LogP contribution in [-0.4, -0.2) is 26.2 Å². The molecule has 0 saturated carbocycles. The lowest BCUT2D eigenvalue weighted by Crippen LogP contribution is -2.03. The zero-order chi connectivity index (χ0) is 14.8. The van der Waals surface area contributed by atoms with Crippen LogP contribution in [0.3, 0.4) is 0 Å². The van der Waals surface area contributed by atoms with Crippen LogP contribution < -0.4 is 0 Å². The van der Waals surface area contributed by atoms with Gasteiger partial charge in [0.2, 0.25) is 0 Å². The summed E-state index contributed by atoms with van der Waals surface area (Å²) in [5.74, 6) is 5.85. The van der Waals surface area contributed by atoms with Crippen molar-refractivity contribution in [3.63, 3.8) is 0 Å². The Morgan fingerprint density at radius 3 is 2.25 bits per heavy atom. The first kappa shape index (κ1) is 16.9. The van der Waals surface area contributed by atoms with E-state index in [0.717, 1.165) is 5.56 Å². The van der Waals surface area contributed by atoms with Gasteiger partial charge >= 0.3 is 7.60 Å². The minimum absolute atomic E-state index is 0.0722. The first-order valence-electron chi connectivity index (χ1n) is 6.61. The van der Waals surface area contributed by atoms with Crippen molar-refractivity contribution < 1.29 is 18.3 Å². The van der Waals surface area contributed by atoms with E-state index in [1.54, 1.807) is 13.8 Å². The molecular weight excluding hydrogens is 275 g/mol. The Balaban J connectivity index is 2.41. The van der Waals surface area contributed by atoms with E-state index >= 15 is 0 Å². The molecule has 0 spiro atoms. The molecule has 0 fully saturated rings. The highest BCUT2D eigenvalue weighted by atomic mass is 31.2. The van der Waals surface area contributed by atoms with Crippen molar-refractivity contribution in [1.29, 1.82) is 0 Å². The molecule has 4 nitrogen and oxygen atoms in total. The van der Waals surface area contributed by atoms with Crippen molar-refractivity contribution in [3.8, 4) is 11.8 Å². The Bertz CT molecular complexity index is 489. The average molecular weight is 296 g/mol. The SMILES string of the molecule is CCOP(=O)(COCC#Cc1ccc(C)cc1)OCC. The second-order valence-corrected chi connectivity index (χ2v) is 6.09. The van der Waals surface area contributed by atoms with E-state index in [2.05, 4.69) is 11.8 Å². The van der Waals surface area contributed by atoms with Gasteiger partial charge in [0.15, 0.2) is 0 Å². The summed E-state index contributed by atoms with van der Waals surface area (Å²) in [5.41, 5.74) is 2.12. The van der Waals surface area contributed by atoms with E-state index in [0.29, 0.717) is 13.2 Å². The molecule has 1 rings (SSSR count). The maximum Gasteiger partial charge on any atom is 0.356 e. The maximum absolute atomic E-state index is 12.1. The van der Waals surface area contributed by atoms with E-state index in [9.17, 15) is 4.57 Å². The van der Waals surface area contributed by atoms with Crippen molar-refractivity contribution in [2.75, 3.05) is 26.2 Å². The first-order chi connectivity index (χ1) is 9.59. The van der Waals surface area contributed by atoms with Crippen LogP contribution in [0, 0.1) is 18.8 Å². The smallest absolute Gasteiger partial charge is 0.356 e. The van der Waals surface area contributed by atoms with Gasteiger partial charge in [-0.2, -0.15) is 0 Å². The number of hydrogen-bond donors (Lipinski definition) is 0. The fraction of sp³-hybridized carbons (Fsp3) is 0.467. The zero-order valence-electron chi connectivity index (χ0n) is 12.2. The van der Waals surface area contributed by atoms with Crippen LogP contribution >= 0.6 is 7.60 Å². The molecule has 1 aromatic carbocycles. The van der Waals surface area contributed by atoms with Crippen LogP contribution in [0.25, 0.3) is 0 Å². The molecule has 0 radical (unpaired) electrons. The van der Waals surface area contributed by atoms with Gasteiger partial charge in [-0.05, 0) is 32.9 Å². The van der Waals surface area contributed by atoms with Crippen molar-refractivity contribution in [2.24, 2.45) is 0 Å². The largest absolute Gasteiger partial charge is 0.356 e. The predicted octanol–water partition coefficient (Wildman–Crippen LogP) is 3.59. The first-order valence-corrected chi connectivity index (χ1v) is 8.34. The van der Waals surface area contributed by atoms with Gasteiger partial charge in [0.25, 0.3) is 0 Å². The van der Waals surface area contributed by atoms with Gasteiger partial charge in [-0.1, -0.05) is 29.5 Å². The van der Waals surface area contributed by atoms with Crippen LogP contribution in [0.15, 0.2) is 24.3 Å². The molecule has 0 N–H and O–H groups in total. The Morgan fingerprint density at radius 1 is 1.10 bits per heavy atom. The Labute approximate surface area is 121 Å². The molecule has 0 aliphatic rings. The monoisotopic (exact) mass is 296 g/mol. The summed E-state index contributed by atoms with van der Waals surface area (Å²) < 4.78 is 27.5. The van der Waals surface area contributed by atoms with Crippen LogP contribution in [0.5, 0.6) is 0 Å². The minimum atomic E-state index is -3.13. The lowest BCUT2D eigenvalue weighted by molar-refractivity contribution is 0.152. The molecule has 0 aromatic heterocycles. The molecule has 0 atom stereocenters. The fourth-order valence-corrected chi connectivity index (χ4v) is 2.81. The molecule has 0 bridgehead atoms. The molecule has 0 unspecified atom stereocenters. The number of benzene rings is 1. The highest BCUT2D eigenvalue weighted by Crippen LogP contribution is 2.47. The van der Waals surface area contributed by atoms with Gasteiger partial charge in [-0.25, -0.2) is 0 Å². The standard InChI is InChI=1S/C15H21O4P/c1-4-18-20(16,19-5-2)13-17-12-6-7-15-10-8-14(3)9-11-15/h8-11H,4-5,12-13H2,1-3H3. The van der Waals surface area contributed by atoms with Gasteiger partial charge in [-0.3, -0.25) is 4.57 Å². The molecule has 5 heteroatoms. The van der Waals surface area contributed by atoms with Gasteiger partial charge in [0, 0.05) is 5.56 Å².